The number of nitrogens with one attached hydrogen (secondary N) is 1. The molecule has 1 aliphatic rings. The molecule has 1 aliphatic heterocycles. The molecule has 0 aromatic heterocycles. The summed E-state index contributed by atoms with van der Waals surface area (Å²) in [6.07, 6.45) is 6.20. The number of hydrogen-bond acceptors (Lipinski definition) is 2. The monoisotopic (exact) mass is 157 g/mol. The summed E-state index contributed by atoms with van der Waals surface area (Å²) in [6, 6.07) is 0. The van der Waals surface area contributed by atoms with Gasteiger partial charge >= 0.3 is 0 Å². The second kappa shape index (κ2) is 5.56. The average Bonchev–Trinajstić information content (AvgIpc) is 2.07. The Bertz CT molecular complexity index is 89.6. The van der Waals surface area contributed by atoms with E-state index in [-0.39, 0.29) is 0 Å². The lowest BCUT2D eigenvalue weighted by molar-refractivity contribution is 0.270. The molecule has 2 heteroatoms. The summed E-state index contributed by atoms with van der Waals surface area (Å²) in [5.41, 5.74) is 0. The van der Waals surface area contributed by atoms with Crippen LogP contribution >= 0.6 is 0 Å². The van der Waals surface area contributed by atoms with E-state index >= 15 is 0 Å². The van der Waals surface area contributed by atoms with Crippen LogP contribution in [0.5, 0.6) is 0 Å². The molecule has 1 saturated heterocycles. The van der Waals surface area contributed by atoms with Crippen molar-refractivity contribution in [3.63, 3.8) is 0 Å². The van der Waals surface area contributed by atoms with Crippen molar-refractivity contribution < 1.29 is 5.11 Å². The van der Waals surface area contributed by atoms with Gasteiger partial charge in [0.25, 0.3) is 0 Å². The predicted octanol–water partition coefficient (Wildman–Crippen LogP) is 1.15. The highest BCUT2D eigenvalue weighted by molar-refractivity contribution is 4.68. The first-order chi connectivity index (χ1) is 5.43. The topological polar surface area (TPSA) is 32.3 Å². The zero-order chi connectivity index (χ0) is 7.94. The summed E-state index contributed by atoms with van der Waals surface area (Å²) in [7, 11) is 0. The first-order valence-corrected chi connectivity index (χ1v) is 4.75. The predicted molar refractivity (Wildman–Crippen MR) is 46.5 cm³/mol. The number of aliphatic hydroxyl groups excluding tert-OH is 1. The molecule has 0 bridgehead atoms. The summed E-state index contributed by atoms with van der Waals surface area (Å²) >= 11 is 0. The van der Waals surface area contributed by atoms with Gasteiger partial charge in [-0.2, -0.15) is 0 Å². The van der Waals surface area contributed by atoms with Crippen molar-refractivity contribution in [1.82, 2.24) is 5.32 Å². The van der Waals surface area contributed by atoms with Gasteiger partial charge in [0.1, 0.15) is 0 Å². The Morgan fingerprint density at radius 3 is 2.91 bits per heavy atom. The lowest BCUT2D eigenvalue weighted by Gasteiger charge is -2.22. The molecule has 1 fully saturated rings. The van der Waals surface area contributed by atoms with Gasteiger partial charge in [-0.1, -0.05) is 6.42 Å². The van der Waals surface area contributed by atoms with E-state index in [1.165, 1.54) is 38.8 Å². The zero-order valence-corrected chi connectivity index (χ0v) is 7.18. The fraction of sp³-hybridized carbons (Fsp3) is 1.00. The largest absolute Gasteiger partial charge is 0.396 e. The standard InChI is InChI=1S/C9H19NO/c11-7-2-1-4-9-5-3-6-10-8-9/h9-11H,1-8H2. The van der Waals surface area contributed by atoms with Crippen LogP contribution in [0.1, 0.15) is 32.1 Å². The van der Waals surface area contributed by atoms with Gasteiger partial charge in [0.05, 0.1) is 0 Å². The molecule has 1 unspecified atom stereocenters. The normalized spacial score (nSPS) is 25.4. The number of hydrogen-bond donors (Lipinski definition) is 2. The minimum absolute atomic E-state index is 0.361. The van der Waals surface area contributed by atoms with E-state index in [1.807, 2.05) is 0 Å². The molecule has 0 aliphatic carbocycles. The first kappa shape index (κ1) is 9.01. The van der Waals surface area contributed by atoms with E-state index in [2.05, 4.69) is 5.32 Å². The third-order valence-electron chi connectivity index (χ3n) is 2.42. The Hall–Kier alpha value is -0.0800. The van der Waals surface area contributed by atoms with E-state index in [0.29, 0.717) is 6.61 Å². The van der Waals surface area contributed by atoms with Gasteiger partial charge in [0, 0.05) is 6.61 Å². The molecule has 1 rings (SSSR count). The van der Waals surface area contributed by atoms with Crippen molar-refractivity contribution in [1.29, 1.82) is 0 Å². The van der Waals surface area contributed by atoms with Crippen LogP contribution in [0.25, 0.3) is 0 Å². The highest BCUT2D eigenvalue weighted by Crippen LogP contribution is 2.16. The Morgan fingerprint density at radius 1 is 1.36 bits per heavy atom. The lowest BCUT2D eigenvalue weighted by Crippen LogP contribution is -2.29. The third-order valence-corrected chi connectivity index (χ3v) is 2.42. The van der Waals surface area contributed by atoms with Gasteiger partial charge in [0.2, 0.25) is 0 Å². The van der Waals surface area contributed by atoms with Crippen molar-refractivity contribution in [2.75, 3.05) is 19.7 Å². The number of aliphatic hydroxyl groups is 1. The van der Waals surface area contributed by atoms with Gasteiger partial charge in [-0.3, -0.25) is 0 Å². The molecule has 0 amide bonds. The van der Waals surface area contributed by atoms with Crippen molar-refractivity contribution in [2.45, 2.75) is 32.1 Å². The van der Waals surface area contributed by atoms with Gasteiger partial charge < -0.3 is 10.4 Å². The quantitative estimate of drug-likeness (QED) is 0.600. The smallest absolute Gasteiger partial charge is 0.0431 e. The summed E-state index contributed by atoms with van der Waals surface area (Å²) in [5.74, 6) is 0.885. The number of unbranched alkanes of at least 4 members (excludes halogenated alkanes) is 1. The minimum atomic E-state index is 0.361. The fourth-order valence-corrected chi connectivity index (χ4v) is 1.72. The Labute approximate surface area is 69.0 Å². The highest BCUT2D eigenvalue weighted by Gasteiger charge is 2.11. The van der Waals surface area contributed by atoms with E-state index in [0.717, 1.165) is 12.3 Å². The molecule has 0 aromatic carbocycles. The summed E-state index contributed by atoms with van der Waals surface area (Å²) < 4.78 is 0. The third kappa shape index (κ3) is 3.73. The Kier molecular flexibility index (Phi) is 4.55. The van der Waals surface area contributed by atoms with Crippen LogP contribution in [0.3, 0.4) is 0 Å². The second-order valence-corrected chi connectivity index (χ2v) is 3.43. The molecule has 0 radical (unpaired) electrons. The average molecular weight is 157 g/mol. The molecule has 1 atom stereocenters. The van der Waals surface area contributed by atoms with Crippen LogP contribution in [-0.4, -0.2) is 24.8 Å². The van der Waals surface area contributed by atoms with Crippen molar-refractivity contribution in [3.8, 4) is 0 Å². The highest BCUT2D eigenvalue weighted by atomic mass is 16.2. The van der Waals surface area contributed by atoms with Crippen LogP contribution in [0.15, 0.2) is 0 Å². The van der Waals surface area contributed by atoms with Gasteiger partial charge in [-0.15, -0.1) is 0 Å². The Morgan fingerprint density at radius 2 is 2.27 bits per heavy atom. The Balaban J connectivity index is 1.96. The molecule has 0 aromatic rings. The summed E-state index contributed by atoms with van der Waals surface area (Å²) in [4.78, 5) is 0. The molecule has 1 heterocycles. The van der Waals surface area contributed by atoms with Crippen LogP contribution in [-0.2, 0) is 0 Å². The van der Waals surface area contributed by atoms with Gasteiger partial charge in [-0.25, -0.2) is 0 Å². The summed E-state index contributed by atoms with van der Waals surface area (Å²) in [5, 5.41) is 12.0. The maximum absolute atomic E-state index is 8.58. The first-order valence-electron chi connectivity index (χ1n) is 4.75. The molecule has 0 saturated carbocycles. The molecular weight excluding hydrogens is 138 g/mol. The zero-order valence-electron chi connectivity index (χ0n) is 7.18. The van der Waals surface area contributed by atoms with Crippen LogP contribution in [0.4, 0.5) is 0 Å². The van der Waals surface area contributed by atoms with Crippen LogP contribution in [0, 0.1) is 5.92 Å². The van der Waals surface area contributed by atoms with E-state index in [9.17, 15) is 0 Å². The van der Waals surface area contributed by atoms with Gasteiger partial charge in [0.15, 0.2) is 0 Å². The van der Waals surface area contributed by atoms with Crippen LogP contribution in [0.2, 0.25) is 0 Å². The maximum atomic E-state index is 8.58. The molecule has 2 N–H and O–H groups in total. The SMILES string of the molecule is OCCCCC1CCCNC1. The van der Waals surface area contributed by atoms with E-state index in [1.54, 1.807) is 0 Å². The second-order valence-electron chi connectivity index (χ2n) is 3.43. The maximum Gasteiger partial charge on any atom is 0.0431 e. The molecule has 2 nitrogen and oxygen atoms in total. The van der Waals surface area contributed by atoms with Crippen molar-refractivity contribution in [3.05, 3.63) is 0 Å². The lowest BCUT2D eigenvalue weighted by atomic mass is 9.94. The fourth-order valence-electron chi connectivity index (χ4n) is 1.72. The van der Waals surface area contributed by atoms with Gasteiger partial charge in [-0.05, 0) is 44.7 Å². The minimum Gasteiger partial charge on any atom is -0.396 e. The summed E-state index contributed by atoms with van der Waals surface area (Å²) in [6.45, 7) is 2.77. The molecule has 66 valence electrons. The van der Waals surface area contributed by atoms with Crippen molar-refractivity contribution >= 4 is 0 Å². The molecule has 11 heavy (non-hydrogen) atoms. The number of rotatable bonds is 4. The molecule has 0 spiro atoms. The van der Waals surface area contributed by atoms with Crippen LogP contribution < -0.4 is 5.32 Å². The molecular formula is C9H19NO. The number of piperidine rings is 1. The van der Waals surface area contributed by atoms with Crippen molar-refractivity contribution in [2.24, 2.45) is 5.92 Å². The van der Waals surface area contributed by atoms with E-state index < -0.39 is 0 Å². The van der Waals surface area contributed by atoms with E-state index in [4.69, 9.17) is 5.11 Å².